The second kappa shape index (κ2) is 6.37. The van der Waals surface area contributed by atoms with Crippen molar-refractivity contribution in [1.82, 2.24) is 12.9 Å². The fourth-order valence-electron chi connectivity index (χ4n) is 2.47. The molecule has 0 spiro atoms. The maximum atomic E-state index is 2.62. The maximum Gasteiger partial charge on any atom is 0.0209 e. The monoisotopic (exact) mass is 323 g/mol. The van der Waals surface area contributed by atoms with Gasteiger partial charge in [0.15, 0.2) is 0 Å². The third kappa shape index (κ3) is 4.17. The molecule has 0 radical (unpaired) electrons. The highest BCUT2D eigenvalue weighted by atomic mass is 127. The molecule has 88 valence electrons. The first kappa shape index (κ1) is 12.1. The standard InChI is InChI=1S/C11H22IN3/c12-15-10-8-14(9-11-15)7-3-6-13-4-1-2-5-13/h1-11H2. The van der Waals surface area contributed by atoms with Crippen molar-refractivity contribution < 1.29 is 0 Å². The van der Waals surface area contributed by atoms with Gasteiger partial charge in [-0.1, -0.05) is 0 Å². The quantitative estimate of drug-likeness (QED) is 0.573. The molecule has 3 nitrogen and oxygen atoms in total. The van der Waals surface area contributed by atoms with Gasteiger partial charge in [0.2, 0.25) is 0 Å². The SMILES string of the molecule is IN1CCN(CCCN2CCCC2)CC1. The summed E-state index contributed by atoms with van der Waals surface area (Å²) in [5.74, 6) is 0. The number of rotatable bonds is 4. The molecule has 2 aliphatic heterocycles. The molecule has 0 unspecified atom stereocenters. The highest BCUT2D eigenvalue weighted by Gasteiger charge is 2.15. The average molecular weight is 323 g/mol. The third-order valence-corrected chi connectivity index (χ3v) is 4.43. The van der Waals surface area contributed by atoms with Crippen LogP contribution in [0.5, 0.6) is 0 Å². The van der Waals surface area contributed by atoms with Gasteiger partial charge in [-0.3, -0.25) is 0 Å². The van der Waals surface area contributed by atoms with Crippen LogP contribution in [0, 0.1) is 0 Å². The lowest BCUT2D eigenvalue weighted by atomic mass is 10.3. The van der Waals surface area contributed by atoms with Gasteiger partial charge in [-0.2, -0.15) is 0 Å². The molecule has 2 saturated heterocycles. The summed E-state index contributed by atoms with van der Waals surface area (Å²) >= 11 is 2.43. The Hall–Kier alpha value is 0.610. The first-order valence-electron chi connectivity index (χ1n) is 6.20. The van der Waals surface area contributed by atoms with Gasteiger partial charge in [0, 0.05) is 49.0 Å². The first-order chi connectivity index (χ1) is 7.34. The van der Waals surface area contributed by atoms with E-state index < -0.39 is 0 Å². The predicted molar refractivity (Wildman–Crippen MR) is 72.3 cm³/mol. The molecule has 0 aliphatic carbocycles. The van der Waals surface area contributed by atoms with E-state index in [-0.39, 0.29) is 0 Å². The van der Waals surface area contributed by atoms with Crippen molar-refractivity contribution in [2.75, 3.05) is 52.4 Å². The summed E-state index contributed by atoms with van der Waals surface area (Å²) in [6.07, 6.45) is 4.21. The van der Waals surface area contributed by atoms with Crippen molar-refractivity contribution in [2.45, 2.75) is 19.3 Å². The second-order valence-corrected chi connectivity index (χ2v) is 6.02. The van der Waals surface area contributed by atoms with Gasteiger partial charge in [0.1, 0.15) is 0 Å². The summed E-state index contributed by atoms with van der Waals surface area (Å²) in [6, 6.07) is 0. The van der Waals surface area contributed by atoms with Gasteiger partial charge in [-0.15, -0.1) is 0 Å². The Kier molecular flexibility index (Phi) is 5.13. The number of hydrogen-bond donors (Lipinski definition) is 0. The van der Waals surface area contributed by atoms with Crippen LogP contribution in [0.2, 0.25) is 0 Å². The molecule has 0 atom stereocenters. The Balaban J connectivity index is 1.53. The molecule has 0 bridgehead atoms. The second-order valence-electron chi connectivity index (χ2n) is 4.65. The van der Waals surface area contributed by atoms with Crippen LogP contribution in [-0.2, 0) is 0 Å². The van der Waals surface area contributed by atoms with E-state index in [4.69, 9.17) is 0 Å². The lowest BCUT2D eigenvalue weighted by Gasteiger charge is -2.31. The third-order valence-electron chi connectivity index (χ3n) is 3.47. The summed E-state index contributed by atoms with van der Waals surface area (Å²) in [6.45, 7) is 10.3. The highest BCUT2D eigenvalue weighted by molar-refractivity contribution is 14.1. The smallest absolute Gasteiger partial charge is 0.0209 e. The van der Waals surface area contributed by atoms with Crippen LogP contribution in [0.1, 0.15) is 19.3 Å². The lowest BCUT2D eigenvalue weighted by molar-refractivity contribution is 0.193. The van der Waals surface area contributed by atoms with Crippen LogP contribution in [0.3, 0.4) is 0 Å². The number of likely N-dealkylation sites (tertiary alicyclic amines) is 1. The minimum atomic E-state index is 1.24. The van der Waals surface area contributed by atoms with Crippen molar-refractivity contribution in [2.24, 2.45) is 0 Å². The largest absolute Gasteiger partial charge is 0.303 e. The molecule has 2 aliphatic rings. The van der Waals surface area contributed by atoms with E-state index in [9.17, 15) is 0 Å². The van der Waals surface area contributed by atoms with Gasteiger partial charge in [-0.05, 0) is 45.4 Å². The molecule has 0 aromatic carbocycles. The predicted octanol–water partition coefficient (Wildman–Crippen LogP) is 1.44. The molecule has 2 rings (SSSR count). The van der Waals surface area contributed by atoms with E-state index in [1.165, 1.54) is 71.6 Å². The van der Waals surface area contributed by atoms with Gasteiger partial charge < -0.3 is 9.80 Å². The van der Waals surface area contributed by atoms with Crippen LogP contribution in [0.15, 0.2) is 0 Å². The van der Waals surface area contributed by atoms with Crippen LogP contribution in [-0.4, -0.2) is 65.3 Å². The van der Waals surface area contributed by atoms with Crippen LogP contribution in [0.25, 0.3) is 0 Å². The Morgan fingerprint density at radius 1 is 0.733 bits per heavy atom. The van der Waals surface area contributed by atoms with E-state index in [1.807, 2.05) is 0 Å². The molecule has 4 heteroatoms. The van der Waals surface area contributed by atoms with Gasteiger partial charge in [0.25, 0.3) is 0 Å². The van der Waals surface area contributed by atoms with Crippen LogP contribution < -0.4 is 0 Å². The number of halogens is 1. The zero-order valence-electron chi connectivity index (χ0n) is 9.50. The molecule has 0 saturated carbocycles. The van der Waals surface area contributed by atoms with E-state index in [1.54, 1.807) is 0 Å². The summed E-state index contributed by atoms with van der Waals surface area (Å²) in [5.41, 5.74) is 0. The minimum Gasteiger partial charge on any atom is -0.303 e. The van der Waals surface area contributed by atoms with Crippen molar-refractivity contribution in [3.63, 3.8) is 0 Å². The van der Waals surface area contributed by atoms with E-state index in [2.05, 4.69) is 35.8 Å². The van der Waals surface area contributed by atoms with Crippen molar-refractivity contribution in [3.8, 4) is 0 Å². The molecule has 2 fully saturated rings. The summed E-state index contributed by atoms with van der Waals surface area (Å²) < 4.78 is 2.40. The maximum absolute atomic E-state index is 2.62. The summed E-state index contributed by atoms with van der Waals surface area (Å²) in [7, 11) is 0. The number of piperazine rings is 1. The molecule has 0 aromatic heterocycles. The van der Waals surface area contributed by atoms with Crippen molar-refractivity contribution in [1.29, 1.82) is 0 Å². The van der Waals surface area contributed by atoms with E-state index in [0.717, 1.165) is 0 Å². The molecule has 0 aromatic rings. The first-order valence-corrected chi connectivity index (χ1v) is 7.16. The molecular weight excluding hydrogens is 301 g/mol. The zero-order valence-corrected chi connectivity index (χ0v) is 11.7. The molecular formula is C11H22IN3. The Morgan fingerprint density at radius 2 is 1.27 bits per heavy atom. The normalized spacial score (nSPS) is 26.2. The van der Waals surface area contributed by atoms with E-state index >= 15 is 0 Å². The number of hydrogen-bond acceptors (Lipinski definition) is 3. The fraction of sp³-hybridized carbons (Fsp3) is 1.00. The van der Waals surface area contributed by atoms with Crippen LogP contribution in [0.4, 0.5) is 0 Å². The minimum absolute atomic E-state index is 1.24. The Labute approximate surface area is 107 Å². The topological polar surface area (TPSA) is 9.72 Å². The highest BCUT2D eigenvalue weighted by Crippen LogP contribution is 2.09. The van der Waals surface area contributed by atoms with Crippen LogP contribution >= 0.6 is 22.9 Å². The molecule has 2 heterocycles. The van der Waals surface area contributed by atoms with Crippen molar-refractivity contribution in [3.05, 3.63) is 0 Å². The summed E-state index contributed by atoms with van der Waals surface area (Å²) in [4.78, 5) is 5.24. The average Bonchev–Trinajstić information content (AvgIpc) is 2.74. The Morgan fingerprint density at radius 3 is 1.87 bits per heavy atom. The molecule has 0 N–H and O–H groups in total. The lowest BCUT2D eigenvalue weighted by Crippen LogP contribution is -2.43. The van der Waals surface area contributed by atoms with Gasteiger partial charge in [0.05, 0.1) is 0 Å². The van der Waals surface area contributed by atoms with Gasteiger partial charge in [-0.25, -0.2) is 3.11 Å². The van der Waals surface area contributed by atoms with Gasteiger partial charge >= 0.3 is 0 Å². The zero-order chi connectivity index (χ0) is 10.5. The van der Waals surface area contributed by atoms with E-state index in [0.29, 0.717) is 0 Å². The molecule has 0 amide bonds. The summed E-state index contributed by atoms with van der Waals surface area (Å²) in [5, 5.41) is 0. The number of nitrogens with zero attached hydrogens (tertiary/aromatic N) is 3. The Bertz CT molecular complexity index is 175. The van der Waals surface area contributed by atoms with Crippen molar-refractivity contribution >= 4 is 22.9 Å². The fourth-order valence-corrected chi connectivity index (χ4v) is 2.90. The molecule has 15 heavy (non-hydrogen) atoms.